The molecule has 2 N–H and O–H groups in total. The average Bonchev–Trinajstić information content (AvgIpc) is 2.27. The van der Waals surface area contributed by atoms with E-state index in [0.29, 0.717) is 24.9 Å². The maximum absolute atomic E-state index is 11.8. The molecule has 0 fully saturated rings. The van der Waals surface area contributed by atoms with Crippen LogP contribution in [-0.4, -0.2) is 23.5 Å². The average molecular weight is 379 g/mol. The van der Waals surface area contributed by atoms with Crippen molar-refractivity contribution in [3.8, 4) is 0 Å². The van der Waals surface area contributed by atoms with Crippen molar-refractivity contribution in [2.75, 3.05) is 6.54 Å². The van der Waals surface area contributed by atoms with E-state index in [1.54, 1.807) is 18.2 Å². The molecule has 0 saturated carbocycles. The number of unbranched alkanes of at least 4 members (excludes halogenated alkanes) is 1. The highest BCUT2D eigenvalue weighted by atomic mass is 79.9. The Bertz CT molecular complexity index is 449. The van der Waals surface area contributed by atoms with Crippen molar-refractivity contribution in [2.24, 2.45) is 0 Å². The maximum atomic E-state index is 11.8. The third kappa shape index (κ3) is 5.18. The van der Waals surface area contributed by atoms with Gasteiger partial charge in [0.2, 0.25) is 0 Å². The lowest BCUT2D eigenvalue weighted by molar-refractivity contribution is -0.137. The van der Waals surface area contributed by atoms with E-state index in [1.165, 1.54) is 0 Å². The highest BCUT2D eigenvalue weighted by Crippen LogP contribution is 2.21. The topological polar surface area (TPSA) is 66.4 Å². The van der Waals surface area contributed by atoms with Crippen molar-refractivity contribution >= 4 is 43.7 Å². The molecular weight excluding hydrogens is 366 g/mol. The van der Waals surface area contributed by atoms with Gasteiger partial charge in [-0.1, -0.05) is 15.9 Å². The second-order valence-electron chi connectivity index (χ2n) is 3.73. The standard InChI is InChI=1S/C12H13Br2NO3/c13-8-4-5-9(10(14)7-8)12(18)15-6-2-1-3-11(16)17/h4-5,7H,1-3,6H2,(H,15,18)(H,16,17). The molecule has 18 heavy (non-hydrogen) atoms. The van der Waals surface area contributed by atoms with Gasteiger partial charge in [-0.25, -0.2) is 0 Å². The second kappa shape index (κ2) is 7.53. The fourth-order valence-corrected chi connectivity index (χ4v) is 2.60. The molecule has 6 heteroatoms. The van der Waals surface area contributed by atoms with Gasteiger partial charge in [-0.3, -0.25) is 9.59 Å². The second-order valence-corrected chi connectivity index (χ2v) is 5.50. The van der Waals surface area contributed by atoms with Crippen LogP contribution in [0, 0.1) is 0 Å². The van der Waals surface area contributed by atoms with Crippen LogP contribution >= 0.6 is 31.9 Å². The summed E-state index contributed by atoms with van der Waals surface area (Å²) in [6, 6.07) is 5.32. The number of aliphatic carboxylic acids is 1. The molecule has 0 aliphatic rings. The lowest BCUT2D eigenvalue weighted by Gasteiger charge is -2.06. The first-order valence-electron chi connectivity index (χ1n) is 5.45. The molecule has 0 aromatic heterocycles. The monoisotopic (exact) mass is 377 g/mol. The summed E-state index contributed by atoms with van der Waals surface area (Å²) in [5.74, 6) is -0.971. The maximum Gasteiger partial charge on any atom is 0.303 e. The summed E-state index contributed by atoms with van der Waals surface area (Å²) in [4.78, 5) is 22.1. The minimum atomic E-state index is -0.808. The summed E-state index contributed by atoms with van der Waals surface area (Å²) in [7, 11) is 0. The Kier molecular flexibility index (Phi) is 6.35. The predicted octanol–water partition coefficient (Wildman–Crippen LogP) is 3.20. The third-order valence-corrected chi connectivity index (χ3v) is 3.43. The van der Waals surface area contributed by atoms with Crippen LogP contribution in [-0.2, 0) is 4.79 Å². The molecule has 0 aliphatic heterocycles. The van der Waals surface area contributed by atoms with Gasteiger partial charge >= 0.3 is 5.97 Å². The third-order valence-electron chi connectivity index (χ3n) is 2.28. The molecule has 0 radical (unpaired) electrons. The van der Waals surface area contributed by atoms with Gasteiger partial charge in [-0.05, 0) is 47.0 Å². The number of carbonyl (C=O) groups is 2. The van der Waals surface area contributed by atoms with Crippen LogP contribution in [0.3, 0.4) is 0 Å². The van der Waals surface area contributed by atoms with Crippen molar-refractivity contribution < 1.29 is 14.7 Å². The van der Waals surface area contributed by atoms with Crippen molar-refractivity contribution in [3.63, 3.8) is 0 Å². The van der Waals surface area contributed by atoms with E-state index < -0.39 is 5.97 Å². The molecule has 0 aliphatic carbocycles. The molecular formula is C12H13Br2NO3. The smallest absolute Gasteiger partial charge is 0.303 e. The summed E-state index contributed by atoms with van der Waals surface area (Å²) >= 11 is 6.64. The Hall–Kier alpha value is -0.880. The molecule has 0 unspecified atom stereocenters. The molecule has 0 spiro atoms. The molecule has 1 rings (SSSR count). The SMILES string of the molecule is O=C(O)CCCCNC(=O)c1ccc(Br)cc1Br. The Labute approximate surface area is 122 Å². The van der Waals surface area contributed by atoms with Gasteiger partial charge in [0.25, 0.3) is 5.91 Å². The number of rotatable bonds is 6. The Morgan fingerprint density at radius 3 is 2.56 bits per heavy atom. The normalized spacial score (nSPS) is 10.1. The predicted molar refractivity (Wildman–Crippen MR) is 75.7 cm³/mol. The van der Waals surface area contributed by atoms with Gasteiger partial charge in [-0.2, -0.15) is 0 Å². The van der Waals surface area contributed by atoms with Crippen molar-refractivity contribution in [2.45, 2.75) is 19.3 Å². The Morgan fingerprint density at radius 2 is 1.94 bits per heavy atom. The zero-order valence-corrected chi connectivity index (χ0v) is 12.8. The lowest BCUT2D eigenvalue weighted by atomic mass is 10.2. The van der Waals surface area contributed by atoms with Crippen molar-refractivity contribution in [3.05, 3.63) is 32.7 Å². The molecule has 98 valence electrons. The van der Waals surface area contributed by atoms with Gasteiger partial charge < -0.3 is 10.4 Å². The number of carboxylic acid groups (broad SMARTS) is 1. The first-order chi connectivity index (χ1) is 8.50. The van der Waals surface area contributed by atoms with E-state index in [1.807, 2.05) is 0 Å². The molecule has 0 saturated heterocycles. The van der Waals surface area contributed by atoms with Crippen LogP contribution in [0.2, 0.25) is 0 Å². The highest BCUT2D eigenvalue weighted by molar-refractivity contribution is 9.11. The number of benzene rings is 1. The number of nitrogens with one attached hydrogen (secondary N) is 1. The molecule has 0 atom stereocenters. The molecule has 0 heterocycles. The quantitative estimate of drug-likeness (QED) is 0.747. The zero-order chi connectivity index (χ0) is 13.5. The van der Waals surface area contributed by atoms with E-state index in [0.717, 1.165) is 8.95 Å². The first-order valence-corrected chi connectivity index (χ1v) is 7.04. The number of carboxylic acids is 1. The van der Waals surface area contributed by atoms with E-state index in [-0.39, 0.29) is 12.3 Å². The zero-order valence-electron chi connectivity index (χ0n) is 9.58. The fraction of sp³-hybridized carbons (Fsp3) is 0.333. The van der Waals surface area contributed by atoms with Gasteiger partial charge in [0, 0.05) is 21.9 Å². The molecule has 1 amide bonds. The summed E-state index contributed by atoms with van der Waals surface area (Å²) in [6.07, 6.45) is 1.36. The van der Waals surface area contributed by atoms with Gasteiger partial charge in [0.05, 0.1) is 5.56 Å². The minimum Gasteiger partial charge on any atom is -0.481 e. The fourth-order valence-electron chi connectivity index (χ4n) is 1.37. The van der Waals surface area contributed by atoms with E-state index >= 15 is 0 Å². The van der Waals surface area contributed by atoms with Crippen LogP contribution in [0.15, 0.2) is 27.1 Å². The van der Waals surface area contributed by atoms with E-state index in [9.17, 15) is 9.59 Å². The number of hydrogen-bond acceptors (Lipinski definition) is 2. The van der Waals surface area contributed by atoms with Crippen molar-refractivity contribution in [1.82, 2.24) is 5.32 Å². The van der Waals surface area contributed by atoms with Gasteiger partial charge in [0.1, 0.15) is 0 Å². The summed E-state index contributed by atoms with van der Waals surface area (Å²) in [6.45, 7) is 0.481. The number of amides is 1. The molecule has 4 nitrogen and oxygen atoms in total. The highest BCUT2D eigenvalue weighted by Gasteiger charge is 2.09. The summed E-state index contributed by atoms with van der Waals surface area (Å²) in [5.41, 5.74) is 0.566. The van der Waals surface area contributed by atoms with Crippen LogP contribution in [0.1, 0.15) is 29.6 Å². The van der Waals surface area contributed by atoms with Crippen LogP contribution < -0.4 is 5.32 Å². The number of hydrogen-bond donors (Lipinski definition) is 2. The molecule has 1 aromatic carbocycles. The van der Waals surface area contributed by atoms with Crippen LogP contribution in [0.5, 0.6) is 0 Å². The Balaban J connectivity index is 2.39. The van der Waals surface area contributed by atoms with Crippen LogP contribution in [0.4, 0.5) is 0 Å². The summed E-state index contributed by atoms with van der Waals surface area (Å²) < 4.78 is 1.62. The summed E-state index contributed by atoms with van der Waals surface area (Å²) in [5, 5.41) is 11.2. The van der Waals surface area contributed by atoms with Crippen molar-refractivity contribution in [1.29, 1.82) is 0 Å². The van der Waals surface area contributed by atoms with E-state index in [2.05, 4.69) is 37.2 Å². The van der Waals surface area contributed by atoms with E-state index in [4.69, 9.17) is 5.11 Å². The first kappa shape index (κ1) is 15.2. The Morgan fingerprint density at radius 1 is 1.22 bits per heavy atom. The van der Waals surface area contributed by atoms with Gasteiger partial charge in [-0.15, -0.1) is 0 Å². The largest absolute Gasteiger partial charge is 0.481 e. The minimum absolute atomic E-state index is 0.137. The van der Waals surface area contributed by atoms with Gasteiger partial charge in [0.15, 0.2) is 0 Å². The number of halogens is 2. The van der Waals surface area contributed by atoms with Crippen LogP contribution in [0.25, 0.3) is 0 Å². The molecule has 0 bridgehead atoms. The molecule has 1 aromatic rings. The number of carbonyl (C=O) groups excluding carboxylic acids is 1. The lowest BCUT2D eigenvalue weighted by Crippen LogP contribution is -2.24.